The Bertz CT molecular complexity index is 626. The molecule has 0 aliphatic rings. The van der Waals surface area contributed by atoms with Gasteiger partial charge in [-0.1, -0.05) is 29.3 Å². The fourth-order valence-electron chi connectivity index (χ4n) is 1.51. The molecule has 0 aliphatic carbocycles. The predicted octanol–water partition coefficient (Wildman–Crippen LogP) is 3.97. The monoisotopic (exact) mass is 298 g/mol. The van der Waals surface area contributed by atoms with Crippen LogP contribution in [0, 0.1) is 5.82 Å². The van der Waals surface area contributed by atoms with Crippen molar-refractivity contribution in [3.05, 3.63) is 57.8 Å². The Hall–Kier alpha value is -1.78. The molecule has 3 N–H and O–H groups in total. The van der Waals surface area contributed by atoms with Gasteiger partial charge in [0, 0.05) is 5.69 Å². The van der Waals surface area contributed by atoms with Crippen LogP contribution in [-0.2, 0) is 0 Å². The summed E-state index contributed by atoms with van der Waals surface area (Å²) in [7, 11) is 0. The van der Waals surface area contributed by atoms with Gasteiger partial charge in [-0.15, -0.1) is 0 Å². The Morgan fingerprint density at radius 3 is 2.53 bits per heavy atom. The van der Waals surface area contributed by atoms with Crippen LogP contribution in [0.15, 0.2) is 36.4 Å². The fraction of sp³-hybridized carbons (Fsp3) is 0. The highest BCUT2D eigenvalue weighted by atomic mass is 35.5. The van der Waals surface area contributed by atoms with Gasteiger partial charge >= 0.3 is 0 Å². The minimum absolute atomic E-state index is 0.0814. The first-order chi connectivity index (χ1) is 8.99. The van der Waals surface area contributed by atoms with Gasteiger partial charge < -0.3 is 11.1 Å². The first kappa shape index (κ1) is 13.6. The lowest BCUT2D eigenvalue weighted by Crippen LogP contribution is -2.14. The van der Waals surface area contributed by atoms with Crippen molar-refractivity contribution in [1.29, 1.82) is 0 Å². The van der Waals surface area contributed by atoms with Crippen LogP contribution in [0.3, 0.4) is 0 Å². The second-order valence-electron chi connectivity index (χ2n) is 3.79. The second kappa shape index (κ2) is 5.47. The van der Waals surface area contributed by atoms with Crippen LogP contribution in [0.4, 0.5) is 15.8 Å². The molecule has 2 aromatic rings. The molecule has 6 heteroatoms. The van der Waals surface area contributed by atoms with E-state index in [1.165, 1.54) is 36.4 Å². The molecule has 0 aliphatic heterocycles. The number of halogens is 3. The molecule has 19 heavy (non-hydrogen) atoms. The summed E-state index contributed by atoms with van der Waals surface area (Å²) in [4.78, 5) is 12.0. The molecule has 3 nitrogen and oxygen atoms in total. The van der Waals surface area contributed by atoms with E-state index in [-0.39, 0.29) is 21.3 Å². The lowest BCUT2D eigenvalue weighted by Gasteiger charge is -2.09. The van der Waals surface area contributed by atoms with Crippen LogP contribution in [0.1, 0.15) is 10.4 Å². The third-order valence-corrected chi connectivity index (χ3v) is 3.07. The number of anilines is 2. The molecule has 1 amide bonds. The smallest absolute Gasteiger partial charge is 0.257 e. The number of nitrogens with one attached hydrogen (secondary N) is 1. The van der Waals surface area contributed by atoms with E-state index in [0.29, 0.717) is 5.69 Å². The minimum atomic E-state index is -0.618. The molecule has 0 fully saturated rings. The Balaban J connectivity index is 2.31. The van der Waals surface area contributed by atoms with Crippen molar-refractivity contribution in [2.24, 2.45) is 0 Å². The summed E-state index contributed by atoms with van der Waals surface area (Å²) >= 11 is 11.7. The van der Waals surface area contributed by atoms with Crippen molar-refractivity contribution >= 4 is 40.5 Å². The summed E-state index contributed by atoms with van der Waals surface area (Å²) < 4.78 is 13.5. The van der Waals surface area contributed by atoms with Crippen molar-refractivity contribution < 1.29 is 9.18 Å². The van der Waals surface area contributed by atoms with E-state index in [1.807, 2.05) is 0 Å². The highest BCUT2D eigenvalue weighted by molar-refractivity contribution is 6.36. The van der Waals surface area contributed by atoms with Crippen LogP contribution < -0.4 is 11.1 Å². The molecule has 0 heterocycles. The normalized spacial score (nSPS) is 10.3. The molecule has 0 atom stereocenters. The van der Waals surface area contributed by atoms with Gasteiger partial charge in [0.25, 0.3) is 5.91 Å². The number of nitrogens with two attached hydrogens (primary N) is 1. The molecule has 0 radical (unpaired) electrons. The molecule has 2 rings (SSSR count). The maximum absolute atomic E-state index is 13.5. The summed E-state index contributed by atoms with van der Waals surface area (Å²) in [6.07, 6.45) is 0. The Labute approximate surface area is 119 Å². The third-order valence-electron chi connectivity index (χ3n) is 2.44. The largest absolute Gasteiger partial charge is 0.399 e. The molecule has 0 aromatic heterocycles. The van der Waals surface area contributed by atoms with Crippen LogP contribution in [0.2, 0.25) is 10.0 Å². The summed E-state index contributed by atoms with van der Waals surface area (Å²) in [5, 5.41) is 2.68. The summed E-state index contributed by atoms with van der Waals surface area (Å²) in [5.41, 5.74) is 6.08. The number of nitrogen functional groups attached to an aromatic ring is 1. The van der Waals surface area contributed by atoms with Crippen molar-refractivity contribution in [1.82, 2.24) is 0 Å². The van der Waals surface area contributed by atoms with Crippen molar-refractivity contribution in [3.63, 3.8) is 0 Å². The fourth-order valence-corrected chi connectivity index (χ4v) is 2.00. The SMILES string of the molecule is Nc1ccc(C(=O)Nc2c(F)cccc2Cl)c(Cl)c1. The minimum Gasteiger partial charge on any atom is -0.399 e. The average molecular weight is 299 g/mol. The van der Waals surface area contributed by atoms with Gasteiger partial charge in [-0.25, -0.2) is 4.39 Å². The molecule has 0 saturated carbocycles. The standard InChI is InChI=1S/C13H9Cl2FN2O/c14-9-2-1-3-11(16)12(9)18-13(19)8-5-4-7(17)6-10(8)15/h1-6H,17H2,(H,18,19). The van der Waals surface area contributed by atoms with E-state index < -0.39 is 11.7 Å². The van der Waals surface area contributed by atoms with E-state index in [1.54, 1.807) is 0 Å². The Morgan fingerprint density at radius 2 is 1.89 bits per heavy atom. The van der Waals surface area contributed by atoms with Gasteiger partial charge in [0.15, 0.2) is 0 Å². The van der Waals surface area contributed by atoms with Crippen LogP contribution in [0.5, 0.6) is 0 Å². The topological polar surface area (TPSA) is 55.1 Å². The van der Waals surface area contributed by atoms with E-state index in [4.69, 9.17) is 28.9 Å². The molecule has 0 bridgehead atoms. The van der Waals surface area contributed by atoms with E-state index in [9.17, 15) is 9.18 Å². The molecule has 2 aromatic carbocycles. The molecule has 0 unspecified atom stereocenters. The van der Waals surface area contributed by atoms with Gasteiger partial charge in [-0.2, -0.15) is 0 Å². The van der Waals surface area contributed by atoms with Gasteiger partial charge in [0.2, 0.25) is 0 Å². The van der Waals surface area contributed by atoms with E-state index in [0.717, 1.165) is 0 Å². The summed E-state index contributed by atoms with van der Waals surface area (Å²) in [5.74, 6) is -1.18. The van der Waals surface area contributed by atoms with E-state index in [2.05, 4.69) is 5.32 Å². The number of carbonyl (C=O) groups is 1. The summed E-state index contributed by atoms with van der Waals surface area (Å²) in [6, 6.07) is 8.56. The lowest BCUT2D eigenvalue weighted by molar-refractivity contribution is 0.102. The maximum atomic E-state index is 13.5. The number of para-hydroxylation sites is 1. The molecule has 98 valence electrons. The lowest BCUT2D eigenvalue weighted by atomic mass is 10.2. The van der Waals surface area contributed by atoms with E-state index >= 15 is 0 Å². The number of hydrogen-bond donors (Lipinski definition) is 2. The number of benzene rings is 2. The predicted molar refractivity (Wildman–Crippen MR) is 75.2 cm³/mol. The maximum Gasteiger partial charge on any atom is 0.257 e. The molecular weight excluding hydrogens is 290 g/mol. The van der Waals surface area contributed by atoms with Gasteiger partial charge in [-0.05, 0) is 30.3 Å². The second-order valence-corrected chi connectivity index (χ2v) is 4.60. The highest BCUT2D eigenvalue weighted by Crippen LogP contribution is 2.26. The highest BCUT2D eigenvalue weighted by Gasteiger charge is 2.14. The molecule has 0 spiro atoms. The zero-order chi connectivity index (χ0) is 14.0. The first-order valence-electron chi connectivity index (χ1n) is 5.29. The van der Waals surface area contributed by atoms with Gasteiger partial charge in [0.05, 0.1) is 21.3 Å². The number of rotatable bonds is 2. The number of amides is 1. The van der Waals surface area contributed by atoms with Crippen LogP contribution in [-0.4, -0.2) is 5.91 Å². The molecule has 0 saturated heterocycles. The van der Waals surface area contributed by atoms with Crippen molar-refractivity contribution in [2.75, 3.05) is 11.1 Å². The van der Waals surface area contributed by atoms with Crippen molar-refractivity contribution in [3.8, 4) is 0 Å². The van der Waals surface area contributed by atoms with Gasteiger partial charge in [0.1, 0.15) is 5.82 Å². The Morgan fingerprint density at radius 1 is 1.16 bits per heavy atom. The van der Waals surface area contributed by atoms with Crippen LogP contribution in [0.25, 0.3) is 0 Å². The summed E-state index contributed by atoms with van der Waals surface area (Å²) in [6.45, 7) is 0. The quantitative estimate of drug-likeness (QED) is 0.824. The average Bonchev–Trinajstić information content (AvgIpc) is 2.33. The zero-order valence-corrected chi connectivity index (χ0v) is 11.1. The number of hydrogen-bond acceptors (Lipinski definition) is 2. The third kappa shape index (κ3) is 2.97. The van der Waals surface area contributed by atoms with Gasteiger partial charge in [-0.3, -0.25) is 4.79 Å². The molecular formula is C13H9Cl2FN2O. The first-order valence-corrected chi connectivity index (χ1v) is 6.05. The van der Waals surface area contributed by atoms with Crippen molar-refractivity contribution in [2.45, 2.75) is 0 Å². The van der Waals surface area contributed by atoms with Crippen LogP contribution >= 0.6 is 23.2 Å². The Kier molecular flexibility index (Phi) is 3.93. The zero-order valence-electron chi connectivity index (χ0n) is 9.58. The number of carbonyl (C=O) groups excluding carboxylic acids is 1.